The van der Waals surface area contributed by atoms with Gasteiger partial charge in [0.15, 0.2) is 0 Å². The van der Waals surface area contributed by atoms with Gasteiger partial charge in [-0.2, -0.15) is 0 Å². The summed E-state index contributed by atoms with van der Waals surface area (Å²) in [5.41, 5.74) is 0.394. The molecule has 0 saturated carbocycles. The Balaban J connectivity index is 2.76. The molecular formula is C11H15ClN2O. The molecule has 1 heterocycles. The molecule has 1 amide bonds. The molecule has 1 aromatic heterocycles. The van der Waals surface area contributed by atoms with Crippen LogP contribution in [0, 0.1) is 5.92 Å². The number of hydrogen-bond donors (Lipinski definition) is 0. The first-order valence-corrected chi connectivity index (χ1v) is 5.26. The van der Waals surface area contributed by atoms with Gasteiger partial charge in [0.1, 0.15) is 10.8 Å². The van der Waals surface area contributed by atoms with E-state index < -0.39 is 0 Å². The van der Waals surface area contributed by atoms with Gasteiger partial charge >= 0.3 is 0 Å². The van der Waals surface area contributed by atoms with Crippen molar-refractivity contribution >= 4 is 17.5 Å². The first kappa shape index (κ1) is 12.0. The summed E-state index contributed by atoms with van der Waals surface area (Å²) in [4.78, 5) is 17.5. The Morgan fingerprint density at radius 1 is 1.53 bits per heavy atom. The molecule has 0 atom stereocenters. The third-order valence-corrected chi connectivity index (χ3v) is 2.13. The van der Waals surface area contributed by atoms with E-state index in [1.165, 1.54) is 0 Å². The molecule has 0 saturated heterocycles. The molecule has 0 spiro atoms. The summed E-state index contributed by atoms with van der Waals surface area (Å²) in [6.07, 6.45) is 0. The van der Waals surface area contributed by atoms with Crippen LogP contribution in [0.4, 0.5) is 0 Å². The lowest BCUT2D eigenvalue weighted by atomic mass is 10.2. The summed E-state index contributed by atoms with van der Waals surface area (Å²) >= 11 is 5.72. The van der Waals surface area contributed by atoms with Gasteiger partial charge in [0, 0.05) is 13.6 Å². The van der Waals surface area contributed by atoms with Crippen LogP contribution in [0.2, 0.25) is 5.15 Å². The van der Waals surface area contributed by atoms with Crippen molar-refractivity contribution in [2.75, 3.05) is 13.6 Å². The van der Waals surface area contributed by atoms with Crippen molar-refractivity contribution in [3.8, 4) is 0 Å². The molecule has 1 aromatic rings. The first-order chi connectivity index (χ1) is 7.00. The van der Waals surface area contributed by atoms with Crippen molar-refractivity contribution in [3.05, 3.63) is 29.0 Å². The Hall–Kier alpha value is -1.09. The van der Waals surface area contributed by atoms with Gasteiger partial charge in [-0.15, -0.1) is 0 Å². The molecule has 0 aliphatic rings. The average molecular weight is 227 g/mol. The maximum Gasteiger partial charge on any atom is 0.272 e. The average Bonchev–Trinajstić information content (AvgIpc) is 2.15. The van der Waals surface area contributed by atoms with Crippen LogP contribution in [0.25, 0.3) is 0 Å². The summed E-state index contributed by atoms with van der Waals surface area (Å²) in [5.74, 6) is 0.351. The third kappa shape index (κ3) is 3.51. The van der Waals surface area contributed by atoms with Crippen LogP contribution in [0.1, 0.15) is 24.3 Å². The Morgan fingerprint density at radius 2 is 2.20 bits per heavy atom. The van der Waals surface area contributed by atoms with Crippen molar-refractivity contribution in [1.29, 1.82) is 0 Å². The van der Waals surface area contributed by atoms with E-state index in [2.05, 4.69) is 18.8 Å². The Labute approximate surface area is 95.1 Å². The zero-order valence-corrected chi connectivity index (χ0v) is 9.95. The van der Waals surface area contributed by atoms with E-state index in [9.17, 15) is 4.79 Å². The molecule has 1 rings (SSSR count). The van der Waals surface area contributed by atoms with Gasteiger partial charge in [0.2, 0.25) is 0 Å². The van der Waals surface area contributed by atoms with Crippen molar-refractivity contribution < 1.29 is 4.79 Å². The second kappa shape index (κ2) is 5.12. The van der Waals surface area contributed by atoms with Crippen LogP contribution in [-0.2, 0) is 0 Å². The van der Waals surface area contributed by atoms with Crippen LogP contribution in [0.3, 0.4) is 0 Å². The van der Waals surface area contributed by atoms with E-state index in [0.29, 0.717) is 23.3 Å². The number of nitrogens with zero attached hydrogens (tertiary/aromatic N) is 2. The molecule has 0 aliphatic carbocycles. The third-order valence-electron chi connectivity index (χ3n) is 1.92. The van der Waals surface area contributed by atoms with Gasteiger partial charge < -0.3 is 4.90 Å². The molecular weight excluding hydrogens is 212 g/mol. The Kier molecular flexibility index (Phi) is 4.09. The van der Waals surface area contributed by atoms with Crippen molar-refractivity contribution in [3.63, 3.8) is 0 Å². The number of hydrogen-bond acceptors (Lipinski definition) is 2. The zero-order valence-electron chi connectivity index (χ0n) is 9.20. The van der Waals surface area contributed by atoms with Gasteiger partial charge in [-0.25, -0.2) is 4.98 Å². The fourth-order valence-electron chi connectivity index (χ4n) is 1.35. The fraction of sp³-hybridized carbons (Fsp3) is 0.455. The molecule has 15 heavy (non-hydrogen) atoms. The highest BCUT2D eigenvalue weighted by molar-refractivity contribution is 6.29. The Morgan fingerprint density at radius 3 is 2.73 bits per heavy atom. The molecule has 4 heteroatoms. The van der Waals surface area contributed by atoms with Crippen LogP contribution in [-0.4, -0.2) is 29.4 Å². The summed E-state index contributed by atoms with van der Waals surface area (Å²) < 4.78 is 0. The number of carbonyl (C=O) groups is 1. The molecule has 0 radical (unpaired) electrons. The van der Waals surface area contributed by atoms with Gasteiger partial charge in [-0.05, 0) is 18.1 Å². The van der Waals surface area contributed by atoms with Gasteiger partial charge in [0.05, 0.1) is 0 Å². The molecule has 0 bridgehead atoms. The molecule has 0 unspecified atom stereocenters. The van der Waals surface area contributed by atoms with Gasteiger partial charge in [-0.1, -0.05) is 31.5 Å². The van der Waals surface area contributed by atoms with Crippen LogP contribution in [0.15, 0.2) is 18.2 Å². The highest BCUT2D eigenvalue weighted by atomic mass is 35.5. The second-order valence-electron chi connectivity index (χ2n) is 3.93. The lowest BCUT2D eigenvalue weighted by Gasteiger charge is -2.18. The number of pyridine rings is 1. The number of aromatic nitrogens is 1. The maximum atomic E-state index is 11.8. The number of rotatable bonds is 3. The standard InChI is InChI=1S/C11H15ClN2O/c1-8(2)7-14(3)11(15)9-5-4-6-10(12)13-9/h4-6,8H,7H2,1-3H3. The summed E-state index contributed by atoms with van der Waals surface area (Å²) in [7, 11) is 1.77. The number of carbonyl (C=O) groups excluding carboxylic acids is 1. The first-order valence-electron chi connectivity index (χ1n) is 4.88. The molecule has 0 fully saturated rings. The number of halogens is 1. The van der Waals surface area contributed by atoms with E-state index in [4.69, 9.17) is 11.6 Å². The summed E-state index contributed by atoms with van der Waals surface area (Å²) in [6.45, 7) is 4.84. The number of amides is 1. The summed E-state index contributed by atoms with van der Waals surface area (Å²) in [5, 5.41) is 0.346. The maximum absolute atomic E-state index is 11.8. The molecule has 3 nitrogen and oxygen atoms in total. The normalized spacial score (nSPS) is 10.5. The molecule has 0 aromatic carbocycles. The van der Waals surface area contributed by atoms with E-state index in [-0.39, 0.29) is 5.91 Å². The predicted molar refractivity (Wildman–Crippen MR) is 61.0 cm³/mol. The van der Waals surface area contributed by atoms with E-state index in [1.807, 2.05) is 0 Å². The van der Waals surface area contributed by atoms with E-state index >= 15 is 0 Å². The zero-order chi connectivity index (χ0) is 11.4. The predicted octanol–water partition coefficient (Wildman–Crippen LogP) is 2.46. The highest BCUT2D eigenvalue weighted by Crippen LogP contribution is 2.08. The molecule has 0 N–H and O–H groups in total. The topological polar surface area (TPSA) is 33.2 Å². The minimum Gasteiger partial charge on any atom is -0.340 e. The van der Waals surface area contributed by atoms with Crippen LogP contribution >= 0.6 is 11.6 Å². The second-order valence-corrected chi connectivity index (χ2v) is 4.31. The highest BCUT2D eigenvalue weighted by Gasteiger charge is 2.13. The Bertz CT molecular complexity index is 352. The molecule has 0 aliphatic heterocycles. The SMILES string of the molecule is CC(C)CN(C)C(=O)c1cccc(Cl)n1. The lowest BCUT2D eigenvalue weighted by Crippen LogP contribution is -2.30. The monoisotopic (exact) mass is 226 g/mol. The van der Waals surface area contributed by atoms with Crippen molar-refractivity contribution in [2.24, 2.45) is 5.92 Å². The van der Waals surface area contributed by atoms with Crippen molar-refractivity contribution in [1.82, 2.24) is 9.88 Å². The van der Waals surface area contributed by atoms with Crippen LogP contribution in [0.5, 0.6) is 0 Å². The minimum atomic E-state index is -0.0915. The van der Waals surface area contributed by atoms with Crippen LogP contribution < -0.4 is 0 Å². The smallest absolute Gasteiger partial charge is 0.272 e. The van der Waals surface area contributed by atoms with Crippen molar-refractivity contribution in [2.45, 2.75) is 13.8 Å². The summed E-state index contributed by atoms with van der Waals surface area (Å²) in [6, 6.07) is 5.05. The fourth-order valence-corrected chi connectivity index (χ4v) is 1.52. The molecule has 82 valence electrons. The van der Waals surface area contributed by atoms with Gasteiger partial charge in [0.25, 0.3) is 5.91 Å². The quantitative estimate of drug-likeness (QED) is 0.742. The van der Waals surface area contributed by atoms with Gasteiger partial charge in [-0.3, -0.25) is 4.79 Å². The lowest BCUT2D eigenvalue weighted by molar-refractivity contribution is 0.0773. The minimum absolute atomic E-state index is 0.0915. The van der Waals surface area contributed by atoms with E-state index in [1.54, 1.807) is 30.1 Å². The van der Waals surface area contributed by atoms with E-state index in [0.717, 1.165) is 0 Å². The largest absolute Gasteiger partial charge is 0.340 e.